The lowest BCUT2D eigenvalue weighted by Gasteiger charge is -2.40. The maximum Gasteiger partial charge on any atom is 0.338 e. The van der Waals surface area contributed by atoms with E-state index in [1.165, 1.54) is 7.11 Å². The predicted octanol–water partition coefficient (Wildman–Crippen LogP) is 3.72. The van der Waals surface area contributed by atoms with Gasteiger partial charge in [0.05, 0.1) is 43.0 Å². The third-order valence-corrected chi connectivity index (χ3v) is 7.47. The van der Waals surface area contributed by atoms with Gasteiger partial charge >= 0.3 is 12.0 Å². The highest BCUT2D eigenvalue weighted by Gasteiger charge is 2.40. The number of halogens is 1. The van der Waals surface area contributed by atoms with E-state index in [0.29, 0.717) is 78.2 Å². The van der Waals surface area contributed by atoms with Gasteiger partial charge in [-0.05, 0) is 38.1 Å². The molecule has 1 fully saturated rings. The van der Waals surface area contributed by atoms with Gasteiger partial charge in [0.1, 0.15) is 11.5 Å². The highest BCUT2D eigenvalue weighted by molar-refractivity contribution is 6.33. The summed E-state index contributed by atoms with van der Waals surface area (Å²) in [5.41, 5.74) is 2.00. The molecular weight excluding hydrogens is 536 g/mol. The summed E-state index contributed by atoms with van der Waals surface area (Å²) in [6, 6.07) is 11.2. The molecule has 214 valence electrons. The van der Waals surface area contributed by atoms with Crippen molar-refractivity contribution in [2.24, 2.45) is 0 Å². The summed E-state index contributed by atoms with van der Waals surface area (Å²) in [4.78, 5) is 45.3. The van der Waals surface area contributed by atoms with Gasteiger partial charge in [0.2, 0.25) is 0 Å². The van der Waals surface area contributed by atoms with Crippen molar-refractivity contribution < 1.29 is 28.6 Å². The van der Waals surface area contributed by atoms with E-state index in [4.69, 9.17) is 25.8 Å². The summed E-state index contributed by atoms with van der Waals surface area (Å²) < 4.78 is 16.4. The third kappa shape index (κ3) is 6.03. The molecule has 2 aliphatic rings. The smallest absolute Gasteiger partial charge is 0.338 e. The minimum Gasteiger partial charge on any atom is -0.497 e. The molecule has 3 amide bonds. The van der Waals surface area contributed by atoms with E-state index >= 15 is 0 Å². The number of nitrogens with one attached hydrogen (secondary N) is 1. The van der Waals surface area contributed by atoms with Gasteiger partial charge in [-0.15, -0.1) is 0 Å². The average molecular weight is 571 g/mol. The van der Waals surface area contributed by atoms with Crippen LogP contribution < -0.4 is 14.8 Å². The Balaban J connectivity index is 1.65. The Morgan fingerprint density at radius 1 is 1.02 bits per heavy atom. The normalized spacial score (nSPS) is 17.9. The van der Waals surface area contributed by atoms with Crippen LogP contribution in [0.1, 0.15) is 35.8 Å². The van der Waals surface area contributed by atoms with E-state index in [-0.39, 0.29) is 18.5 Å². The standard InChI is InChI=1S/C29H35ClN4O6/c1-5-34-23(18-32-13-15-33(16-14-32)27(35)20-9-7-8-10-22(20)30)25(28(36)40-6-2)26(31-29(34)37)21-12-11-19(38-3)17-24(21)39-4/h7-12,17,26H,5-6,13-16,18H2,1-4H3,(H,31,37). The number of nitrogens with zero attached hydrogens (tertiary/aromatic N) is 3. The van der Waals surface area contributed by atoms with Crippen LogP contribution >= 0.6 is 11.6 Å². The Labute approximate surface area is 239 Å². The lowest BCUT2D eigenvalue weighted by atomic mass is 9.93. The SMILES string of the molecule is CCOC(=O)C1=C(CN2CCN(C(=O)c3ccccc3Cl)CC2)N(CC)C(=O)NC1c1ccc(OC)cc1OC. The monoisotopic (exact) mass is 570 g/mol. The van der Waals surface area contributed by atoms with Gasteiger partial charge in [-0.2, -0.15) is 0 Å². The first-order chi connectivity index (χ1) is 19.3. The number of likely N-dealkylation sites (N-methyl/N-ethyl adjacent to an activating group) is 1. The van der Waals surface area contributed by atoms with Crippen LogP contribution in [-0.2, 0) is 9.53 Å². The van der Waals surface area contributed by atoms with Gasteiger partial charge in [-0.25, -0.2) is 9.59 Å². The van der Waals surface area contributed by atoms with Crippen LogP contribution in [0.4, 0.5) is 4.79 Å². The first kappa shape index (κ1) is 29.2. The molecule has 1 N–H and O–H groups in total. The van der Waals surface area contributed by atoms with E-state index in [9.17, 15) is 14.4 Å². The molecule has 2 heterocycles. The van der Waals surface area contributed by atoms with Crippen molar-refractivity contribution in [2.45, 2.75) is 19.9 Å². The van der Waals surface area contributed by atoms with Gasteiger partial charge in [0.25, 0.3) is 5.91 Å². The van der Waals surface area contributed by atoms with Gasteiger partial charge in [0.15, 0.2) is 0 Å². The number of carbonyl (C=O) groups is 3. The first-order valence-corrected chi connectivity index (χ1v) is 13.7. The molecule has 1 saturated heterocycles. The largest absolute Gasteiger partial charge is 0.497 e. The molecule has 0 aliphatic carbocycles. The minimum atomic E-state index is -0.784. The summed E-state index contributed by atoms with van der Waals surface area (Å²) in [5, 5.41) is 3.39. The van der Waals surface area contributed by atoms with Crippen LogP contribution in [0.3, 0.4) is 0 Å². The third-order valence-electron chi connectivity index (χ3n) is 7.14. The number of hydrogen-bond donors (Lipinski definition) is 1. The number of benzene rings is 2. The van der Waals surface area contributed by atoms with E-state index in [2.05, 4.69) is 10.2 Å². The van der Waals surface area contributed by atoms with Gasteiger partial charge in [-0.3, -0.25) is 14.6 Å². The Kier molecular flexibility index (Phi) is 9.54. The minimum absolute atomic E-state index is 0.115. The highest BCUT2D eigenvalue weighted by atomic mass is 35.5. The predicted molar refractivity (Wildman–Crippen MR) is 151 cm³/mol. The van der Waals surface area contributed by atoms with Crippen molar-refractivity contribution in [3.05, 3.63) is 69.9 Å². The van der Waals surface area contributed by atoms with Crippen LogP contribution in [0.5, 0.6) is 11.5 Å². The lowest BCUT2D eigenvalue weighted by molar-refractivity contribution is -0.139. The summed E-state index contributed by atoms with van der Waals surface area (Å²) in [6.45, 7) is 6.58. The zero-order chi connectivity index (χ0) is 28.8. The number of esters is 1. The number of ether oxygens (including phenoxy) is 3. The van der Waals surface area contributed by atoms with Crippen molar-refractivity contribution in [3.63, 3.8) is 0 Å². The Hall–Kier alpha value is -3.76. The maximum atomic E-state index is 13.4. The Morgan fingerprint density at radius 2 is 1.75 bits per heavy atom. The second-order valence-electron chi connectivity index (χ2n) is 9.36. The van der Waals surface area contributed by atoms with Crippen LogP contribution in [0.25, 0.3) is 0 Å². The van der Waals surface area contributed by atoms with Gasteiger partial charge in [-0.1, -0.05) is 23.7 Å². The van der Waals surface area contributed by atoms with E-state index in [0.717, 1.165) is 0 Å². The Morgan fingerprint density at radius 3 is 2.38 bits per heavy atom. The molecule has 2 aromatic rings. The second-order valence-corrected chi connectivity index (χ2v) is 9.77. The van der Waals surface area contributed by atoms with E-state index in [1.807, 2.05) is 6.92 Å². The molecule has 0 saturated carbocycles. The molecule has 2 aromatic carbocycles. The molecule has 0 aromatic heterocycles. The molecule has 11 heteroatoms. The summed E-state index contributed by atoms with van der Waals surface area (Å²) in [6.07, 6.45) is 0. The molecule has 0 radical (unpaired) electrons. The first-order valence-electron chi connectivity index (χ1n) is 13.3. The highest BCUT2D eigenvalue weighted by Crippen LogP contribution is 2.38. The zero-order valence-electron chi connectivity index (χ0n) is 23.2. The number of piperazine rings is 1. The van der Waals surface area contributed by atoms with Crippen molar-refractivity contribution in [1.82, 2.24) is 20.0 Å². The van der Waals surface area contributed by atoms with Gasteiger partial charge in [0, 0.05) is 56.6 Å². The quantitative estimate of drug-likeness (QED) is 0.459. The maximum absolute atomic E-state index is 13.4. The molecular formula is C29H35ClN4O6. The van der Waals surface area contributed by atoms with Crippen LogP contribution in [0.2, 0.25) is 5.02 Å². The molecule has 0 bridgehead atoms. The van der Waals surface area contributed by atoms with Crippen LogP contribution in [0.15, 0.2) is 53.7 Å². The molecule has 40 heavy (non-hydrogen) atoms. The average Bonchev–Trinajstić information content (AvgIpc) is 2.97. The number of urea groups is 1. The van der Waals surface area contributed by atoms with Crippen molar-refractivity contribution in [2.75, 3.05) is 60.1 Å². The fourth-order valence-electron chi connectivity index (χ4n) is 5.07. The summed E-state index contributed by atoms with van der Waals surface area (Å²) >= 11 is 6.25. The van der Waals surface area contributed by atoms with E-state index < -0.39 is 12.0 Å². The van der Waals surface area contributed by atoms with Crippen LogP contribution in [0, 0.1) is 0 Å². The van der Waals surface area contributed by atoms with Crippen molar-refractivity contribution >= 4 is 29.5 Å². The molecule has 1 atom stereocenters. The van der Waals surface area contributed by atoms with Gasteiger partial charge < -0.3 is 24.4 Å². The number of rotatable bonds is 9. The molecule has 2 aliphatic heterocycles. The lowest BCUT2D eigenvalue weighted by Crippen LogP contribution is -2.53. The molecule has 10 nitrogen and oxygen atoms in total. The fraction of sp³-hybridized carbons (Fsp3) is 0.414. The number of amides is 3. The zero-order valence-corrected chi connectivity index (χ0v) is 24.0. The van der Waals surface area contributed by atoms with Crippen molar-refractivity contribution in [1.29, 1.82) is 0 Å². The second kappa shape index (κ2) is 13.1. The molecule has 1 unspecified atom stereocenters. The topological polar surface area (TPSA) is 101 Å². The van der Waals surface area contributed by atoms with Crippen LogP contribution in [-0.4, -0.2) is 92.7 Å². The number of hydrogen-bond acceptors (Lipinski definition) is 7. The number of methoxy groups -OCH3 is 2. The summed E-state index contributed by atoms with van der Waals surface area (Å²) in [5.74, 6) is 0.438. The molecule has 0 spiro atoms. The van der Waals surface area contributed by atoms with E-state index in [1.54, 1.807) is 66.3 Å². The number of carbonyl (C=O) groups excluding carboxylic acids is 3. The van der Waals surface area contributed by atoms with Crippen molar-refractivity contribution in [3.8, 4) is 11.5 Å². The Bertz CT molecular complexity index is 1290. The molecule has 4 rings (SSSR count). The summed E-state index contributed by atoms with van der Waals surface area (Å²) in [7, 11) is 3.08. The fourth-order valence-corrected chi connectivity index (χ4v) is 5.29.